The third kappa shape index (κ3) is 2.30. The average Bonchev–Trinajstić information content (AvgIpc) is 2.26. The summed E-state index contributed by atoms with van der Waals surface area (Å²) < 4.78 is 63.2. The lowest BCUT2D eigenvalue weighted by Crippen LogP contribution is -2.46. The van der Waals surface area contributed by atoms with Gasteiger partial charge in [0, 0.05) is 5.56 Å². The summed E-state index contributed by atoms with van der Waals surface area (Å²) in [5.41, 5.74) is -4.58. The molecule has 1 N–H and O–H groups in total. The molecule has 0 aliphatic heterocycles. The van der Waals surface area contributed by atoms with Gasteiger partial charge < -0.3 is 5.11 Å². The maximum atomic E-state index is 12.8. The minimum atomic E-state index is -5.08. The molecule has 0 amide bonds. The normalized spacial score (nSPS) is 15.5. The molecule has 2 nitrogen and oxygen atoms in total. The van der Waals surface area contributed by atoms with Crippen LogP contribution >= 0.6 is 0 Å². The summed E-state index contributed by atoms with van der Waals surface area (Å²) in [5.74, 6) is -2.14. The van der Waals surface area contributed by atoms with Crippen LogP contribution in [0.5, 0.6) is 0 Å². The van der Waals surface area contributed by atoms with E-state index >= 15 is 0 Å². The molecule has 0 radical (unpaired) electrons. The van der Waals surface area contributed by atoms with Crippen molar-refractivity contribution in [1.29, 1.82) is 0 Å². The molecule has 0 saturated heterocycles. The van der Waals surface area contributed by atoms with E-state index in [1.54, 1.807) is 0 Å². The zero-order valence-corrected chi connectivity index (χ0v) is 9.13. The van der Waals surface area contributed by atoms with Crippen molar-refractivity contribution in [1.82, 2.24) is 0 Å². The molecule has 0 aromatic heterocycles. The van der Waals surface area contributed by atoms with Crippen molar-refractivity contribution in [3.8, 4) is 0 Å². The first-order valence-corrected chi connectivity index (χ1v) is 4.79. The summed E-state index contributed by atoms with van der Waals surface area (Å²) in [6.45, 7) is 0.444. The minimum Gasteiger partial charge on any atom is -0.480 e. The van der Waals surface area contributed by atoms with Gasteiger partial charge in [-0.15, -0.1) is 0 Å². The van der Waals surface area contributed by atoms with Crippen LogP contribution in [-0.2, 0) is 10.2 Å². The van der Waals surface area contributed by atoms with Gasteiger partial charge in [-0.1, -0.05) is 18.2 Å². The first-order chi connectivity index (χ1) is 8.10. The maximum absolute atomic E-state index is 12.8. The molecule has 1 aromatic carbocycles. The minimum absolute atomic E-state index is 0.444. The van der Waals surface area contributed by atoms with E-state index in [0.29, 0.717) is 13.0 Å². The van der Waals surface area contributed by atoms with Gasteiger partial charge in [-0.3, -0.25) is 4.79 Å². The number of hydrogen-bond acceptors (Lipinski definition) is 1. The Labute approximate surface area is 99.0 Å². The quantitative estimate of drug-likeness (QED) is 0.851. The topological polar surface area (TPSA) is 37.3 Å². The van der Waals surface area contributed by atoms with Crippen molar-refractivity contribution < 1.29 is 31.9 Å². The lowest BCUT2D eigenvalue weighted by Gasteiger charge is -2.28. The molecular weight excluding hydrogens is 259 g/mol. The summed E-state index contributed by atoms with van der Waals surface area (Å²) >= 11 is 0. The zero-order valence-electron chi connectivity index (χ0n) is 9.13. The van der Waals surface area contributed by atoms with Crippen molar-refractivity contribution in [3.63, 3.8) is 0 Å². The van der Waals surface area contributed by atoms with E-state index in [4.69, 9.17) is 5.11 Å². The Morgan fingerprint density at radius 3 is 2.22 bits per heavy atom. The van der Waals surface area contributed by atoms with Crippen LogP contribution in [0.3, 0.4) is 0 Å². The number of carboxylic acid groups (broad SMARTS) is 1. The fourth-order valence-corrected chi connectivity index (χ4v) is 1.39. The van der Waals surface area contributed by atoms with Gasteiger partial charge in [0.05, 0.1) is 0 Å². The Bertz CT molecular complexity index is 455. The predicted octanol–water partition coefficient (Wildman–Crippen LogP) is 3.53. The van der Waals surface area contributed by atoms with Crippen LogP contribution in [0.2, 0.25) is 0 Å². The van der Waals surface area contributed by atoms with Gasteiger partial charge in [-0.05, 0) is 18.6 Å². The van der Waals surface area contributed by atoms with Gasteiger partial charge in [0.2, 0.25) is 0 Å². The number of alkyl halides is 5. The summed E-state index contributed by atoms with van der Waals surface area (Å²) in [4.78, 5) is 10.8. The first kappa shape index (κ1) is 14.4. The lowest BCUT2D eigenvalue weighted by atomic mass is 9.81. The lowest BCUT2D eigenvalue weighted by molar-refractivity contribution is -0.201. The number of hydrogen-bond donors (Lipinski definition) is 1. The second-order valence-electron chi connectivity index (χ2n) is 3.85. The van der Waals surface area contributed by atoms with E-state index in [-0.39, 0.29) is 0 Å². The molecule has 1 atom stereocenters. The van der Waals surface area contributed by atoms with E-state index < -0.39 is 35.1 Å². The van der Waals surface area contributed by atoms with E-state index in [9.17, 15) is 26.7 Å². The van der Waals surface area contributed by atoms with Gasteiger partial charge in [0.1, 0.15) is 0 Å². The molecule has 0 heterocycles. The summed E-state index contributed by atoms with van der Waals surface area (Å²) in [7, 11) is 0. The maximum Gasteiger partial charge on any atom is 0.408 e. The molecule has 1 unspecified atom stereocenters. The van der Waals surface area contributed by atoms with Crippen LogP contribution in [0.25, 0.3) is 0 Å². The third-order valence-electron chi connectivity index (χ3n) is 2.71. The van der Waals surface area contributed by atoms with Crippen LogP contribution in [-0.4, -0.2) is 17.3 Å². The molecule has 0 fully saturated rings. The summed E-state index contributed by atoms with van der Waals surface area (Å²) in [6.07, 6.45) is -8.05. The Kier molecular flexibility index (Phi) is 3.64. The molecule has 0 aliphatic rings. The van der Waals surface area contributed by atoms with Gasteiger partial charge in [0.25, 0.3) is 6.43 Å². The second-order valence-corrected chi connectivity index (χ2v) is 3.85. The summed E-state index contributed by atoms with van der Waals surface area (Å²) in [5, 5.41) is 8.74. The van der Waals surface area contributed by atoms with Crippen LogP contribution in [0.4, 0.5) is 22.0 Å². The Morgan fingerprint density at radius 1 is 1.28 bits per heavy atom. The number of carbonyl (C=O) groups is 1. The monoisotopic (exact) mass is 268 g/mol. The largest absolute Gasteiger partial charge is 0.480 e. The fourth-order valence-electron chi connectivity index (χ4n) is 1.39. The first-order valence-electron chi connectivity index (χ1n) is 4.79. The molecule has 7 heteroatoms. The Hall–Kier alpha value is -1.66. The van der Waals surface area contributed by atoms with E-state index in [1.807, 2.05) is 0 Å². The molecule has 0 bridgehead atoms. The van der Waals surface area contributed by atoms with Crippen LogP contribution in [0.15, 0.2) is 24.3 Å². The molecule has 0 saturated carbocycles. The summed E-state index contributed by atoms with van der Waals surface area (Å²) in [6, 6.07) is 3.34. The molecule has 100 valence electrons. The standard InChI is InChI=1S/C11H9F5O2/c1-10(9(17)18,11(14,15)16)7-4-2-3-6(5-7)8(12)13/h2-5,8H,1H3,(H,17,18). The van der Waals surface area contributed by atoms with Gasteiger partial charge in [-0.2, -0.15) is 13.2 Å². The van der Waals surface area contributed by atoms with Gasteiger partial charge in [-0.25, -0.2) is 8.78 Å². The highest BCUT2D eigenvalue weighted by atomic mass is 19.4. The van der Waals surface area contributed by atoms with Gasteiger partial charge in [0.15, 0.2) is 5.41 Å². The highest BCUT2D eigenvalue weighted by Gasteiger charge is 2.58. The molecule has 0 aliphatic carbocycles. The number of halogens is 5. The van der Waals surface area contributed by atoms with E-state index in [2.05, 4.69) is 0 Å². The van der Waals surface area contributed by atoms with Crippen LogP contribution < -0.4 is 0 Å². The molecule has 0 spiro atoms. The predicted molar refractivity (Wildman–Crippen MR) is 52.4 cm³/mol. The number of benzene rings is 1. The molecule has 18 heavy (non-hydrogen) atoms. The third-order valence-corrected chi connectivity index (χ3v) is 2.71. The number of aliphatic carboxylic acids is 1. The highest BCUT2D eigenvalue weighted by molar-refractivity contribution is 5.82. The number of carboxylic acids is 1. The van der Waals surface area contributed by atoms with Crippen molar-refractivity contribution in [2.45, 2.75) is 24.9 Å². The zero-order chi connectivity index (χ0) is 14.1. The smallest absolute Gasteiger partial charge is 0.408 e. The molecular formula is C11H9F5O2. The number of rotatable bonds is 3. The Balaban J connectivity index is 3.41. The van der Waals surface area contributed by atoms with Crippen molar-refractivity contribution in [2.75, 3.05) is 0 Å². The second kappa shape index (κ2) is 4.55. The van der Waals surface area contributed by atoms with Crippen molar-refractivity contribution in [3.05, 3.63) is 35.4 Å². The van der Waals surface area contributed by atoms with Crippen molar-refractivity contribution in [2.24, 2.45) is 0 Å². The fraction of sp³-hybridized carbons (Fsp3) is 0.364. The van der Waals surface area contributed by atoms with Crippen LogP contribution in [0.1, 0.15) is 24.5 Å². The van der Waals surface area contributed by atoms with Crippen molar-refractivity contribution >= 4 is 5.97 Å². The van der Waals surface area contributed by atoms with Gasteiger partial charge >= 0.3 is 12.1 Å². The SMILES string of the molecule is CC(C(=O)O)(c1cccc(C(F)F)c1)C(F)(F)F. The molecule has 1 aromatic rings. The van der Waals surface area contributed by atoms with E-state index in [1.165, 1.54) is 0 Å². The van der Waals surface area contributed by atoms with Crippen LogP contribution in [0, 0.1) is 0 Å². The van der Waals surface area contributed by atoms with E-state index in [0.717, 1.165) is 18.2 Å². The average molecular weight is 268 g/mol. The highest BCUT2D eigenvalue weighted by Crippen LogP contribution is 2.41. The Morgan fingerprint density at radius 2 is 1.83 bits per heavy atom. The molecule has 1 rings (SSSR count).